The molecule has 3 aromatic heterocycles. The zero-order chi connectivity index (χ0) is 19.7. The van der Waals surface area contributed by atoms with Gasteiger partial charge in [0.2, 0.25) is 5.91 Å². The number of carbonyl (C=O) groups excluding carboxylic acids is 2. The second-order valence-corrected chi connectivity index (χ2v) is 6.82. The number of rotatable bonds is 4. The van der Waals surface area contributed by atoms with Crippen molar-refractivity contribution in [3.8, 4) is 0 Å². The molecule has 8 heteroatoms. The SMILES string of the molecule is COCC(=O)N1CCc2ncc(NC(=O)c3cnn4cccc(C)c34)cc2C1. The minimum Gasteiger partial charge on any atom is -0.375 e. The average molecular weight is 379 g/mol. The van der Waals surface area contributed by atoms with E-state index in [9.17, 15) is 9.59 Å². The van der Waals surface area contributed by atoms with Crippen molar-refractivity contribution < 1.29 is 14.3 Å². The van der Waals surface area contributed by atoms with Crippen LogP contribution in [0.4, 0.5) is 5.69 Å². The summed E-state index contributed by atoms with van der Waals surface area (Å²) in [6, 6.07) is 5.71. The standard InChI is InChI=1S/C20H21N5O3/c1-13-4-3-6-25-19(13)16(10-22-25)20(27)23-15-8-14-11-24(18(26)12-28-2)7-5-17(14)21-9-15/h3-4,6,8-10H,5,7,11-12H2,1-2H3,(H,23,27). The van der Waals surface area contributed by atoms with Crippen LogP contribution < -0.4 is 5.32 Å². The van der Waals surface area contributed by atoms with Gasteiger partial charge in [0.05, 0.1) is 29.2 Å². The lowest BCUT2D eigenvalue weighted by Gasteiger charge is -2.28. The maximum Gasteiger partial charge on any atom is 0.259 e. The van der Waals surface area contributed by atoms with Crippen molar-refractivity contribution in [1.82, 2.24) is 19.5 Å². The van der Waals surface area contributed by atoms with Gasteiger partial charge in [0, 0.05) is 38.5 Å². The number of fused-ring (bicyclic) bond motifs is 2. The van der Waals surface area contributed by atoms with E-state index >= 15 is 0 Å². The summed E-state index contributed by atoms with van der Waals surface area (Å²) in [5.41, 5.74) is 4.74. The smallest absolute Gasteiger partial charge is 0.259 e. The Morgan fingerprint density at radius 1 is 1.32 bits per heavy atom. The van der Waals surface area contributed by atoms with Crippen molar-refractivity contribution in [3.63, 3.8) is 0 Å². The summed E-state index contributed by atoms with van der Waals surface area (Å²) in [6.45, 7) is 3.09. The van der Waals surface area contributed by atoms with Crippen LogP contribution in [0, 0.1) is 6.92 Å². The molecule has 0 spiro atoms. The first-order valence-corrected chi connectivity index (χ1v) is 9.05. The van der Waals surface area contributed by atoms with E-state index in [1.54, 1.807) is 21.8 Å². The second-order valence-electron chi connectivity index (χ2n) is 6.82. The summed E-state index contributed by atoms with van der Waals surface area (Å²) in [4.78, 5) is 31.1. The molecule has 0 fully saturated rings. The number of amides is 2. The minimum absolute atomic E-state index is 0.0515. The first kappa shape index (κ1) is 18.1. The Balaban J connectivity index is 1.55. The summed E-state index contributed by atoms with van der Waals surface area (Å²) in [5.74, 6) is -0.293. The van der Waals surface area contributed by atoms with Crippen molar-refractivity contribution in [3.05, 3.63) is 59.2 Å². The van der Waals surface area contributed by atoms with Crippen LogP contribution in [0.25, 0.3) is 5.52 Å². The zero-order valence-corrected chi connectivity index (χ0v) is 15.8. The quantitative estimate of drug-likeness (QED) is 0.747. The van der Waals surface area contributed by atoms with Gasteiger partial charge in [-0.15, -0.1) is 0 Å². The van der Waals surface area contributed by atoms with Gasteiger partial charge >= 0.3 is 0 Å². The highest BCUT2D eigenvalue weighted by Gasteiger charge is 2.22. The molecule has 0 bridgehead atoms. The van der Waals surface area contributed by atoms with Crippen LogP contribution in [0.1, 0.15) is 27.2 Å². The normalized spacial score (nSPS) is 13.4. The zero-order valence-electron chi connectivity index (χ0n) is 15.8. The highest BCUT2D eigenvalue weighted by Crippen LogP contribution is 2.22. The first-order valence-electron chi connectivity index (χ1n) is 9.05. The number of anilines is 1. The Morgan fingerprint density at radius 3 is 3.00 bits per heavy atom. The van der Waals surface area contributed by atoms with Gasteiger partial charge in [-0.2, -0.15) is 5.10 Å². The van der Waals surface area contributed by atoms with Crippen LogP contribution in [0.3, 0.4) is 0 Å². The summed E-state index contributed by atoms with van der Waals surface area (Å²) in [7, 11) is 1.51. The lowest BCUT2D eigenvalue weighted by atomic mass is 10.0. The number of hydrogen-bond donors (Lipinski definition) is 1. The molecule has 0 radical (unpaired) electrons. The molecule has 0 aromatic carbocycles. The molecular formula is C20H21N5O3. The molecule has 144 valence electrons. The van der Waals surface area contributed by atoms with Crippen LogP contribution in [-0.2, 0) is 22.5 Å². The Morgan fingerprint density at radius 2 is 2.18 bits per heavy atom. The molecule has 2 amide bonds. The fraction of sp³-hybridized carbons (Fsp3) is 0.300. The van der Waals surface area contributed by atoms with Crippen molar-refractivity contribution in [1.29, 1.82) is 0 Å². The van der Waals surface area contributed by atoms with Crippen molar-refractivity contribution in [2.45, 2.75) is 19.9 Å². The van der Waals surface area contributed by atoms with Gasteiger partial charge in [-0.05, 0) is 30.2 Å². The van der Waals surface area contributed by atoms with E-state index in [1.807, 2.05) is 31.3 Å². The lowest BCUT2D eigenvalue weighted by molar-refractivity contribution is -0.136. The molecule has 1 aliphatic rings. The van der Waals surface area contributed by atoms with Crippen LogP contribution in [0.15, 0.2) is 36.8 Å². The largest absolute Gasteiger partial charge is 0.375 e. The van der Waals surface area contributed by atoms with Gasteiger partial charge in [-0.1, -0.05) is 6.07 Å². The van der Waals surface area contributed by atoms with Gasteiger partial charge in [0.1, 0.15) is 6.61 Å². The molecule has 1 N–H and O–H groups in total. The van der Waals surface area contributed by atoms with E-state index < -0.39 is 0 Å². The molecule has 0 saturated carbocycles. The summed E-state index contributed by atoms with van der Waals surface area (Å²) in [6.07, 6.45) is 5.72. The number of aryl methyl sites for hydroxylation is 1. The molecule has 4 heterocycles. The monoisotopic (exact) mass is 379 g/mol. The molecule has 8 nitrogen and oxygen atoms in total. The molecule has 0 unspecified atom stereocenters. The van der Waals surface area contributed by atoms with Gasteiger partial charge in [-0.3, -0.25) is 14.6 Å². The van der Waals surface area contributed by atoms with Crippen molar-refractivity contribution in [2.24, 2.45) is 0 Å². The van der Waals surface area contributed by atoms with E-state index in [2.05, 4.69) is 15.4 Å². The fourth-order valence-corrected chi connectivity index (χ4v) is 3.50. The molecule has 0 atom stereocenters. The van der Waals surface area contributed by atoms with E-state index in [1.165, 1.54) is 7.11 Å². The number of pyridine rings is 2. The van der Waals surface area contributed by atoms with Crippen LogP contribution in [0.2, 0.25) is 0 Å². The number of aromatic nitrogens is 3. The number of ether oxygens (including phenoxy) is 1. The van der Waals surface area contributed by atoms with Crippen molar-refractivity contribution in [2.75, 3.05) is 25.6 Å². The minimum atomic E-state index is -0.242. The number of nitrogens with one attached hydrogen (secondary N) is 1. The maximum absolute atomic E-state index is 12.8. The predicted octanol–water partition coefficient (Wildman–Crippen LogP) is 1.82. The Bertz CT molecular complexity index is 1060. The Kier molecular flexibility index (Phi) is 4.79. The van der Waals surface area contributed by atoms with Crippen LogP contribution >= 0.6 is 0 Å². The van der Waals surface area contributed by atoms with E-state index in [4.69, 9.17) is 4.74 Å². The van der Waals surface area contributed by atoms with Crippen molar-refractivity contribution >= 4 is 23.0 Å². The first-order chi connectivity index (χ1) is 13.6. The van der Waals surface area contributed by atoms with Gasteiger partial charge < -0.3 is 15.0 Å². The summed E-state index contributed by atoms with van der Waals surface area (Å²) < 4.78 is 6.62. The van der Waals surface area contributed by atoms with E-state index in [0.717, 1.165) is 22.3 Å². The number of methoxy groups -OCH3 is 1. The molecule has 3 aromatic rings. The lowest BCUT2D eigenvalue weighted by Crippen LogP contribution is -2.38. The average Bonchev–Trinajstić information content (AvgIpc) is 3.13. The predicted molar refractivity (Wildman–Crippen MR) is 103 cm³/mol. The Labute approximate surface area is 162 Å². The number of nitrogens with zero attached hydrogens (tertiary/aromatic N) is 4. The van der Waals surface area contributed by atoms with E-state index in [0.29, 0.717) is 30.8 Å². The Hall–Kier alpha value is -3.26. The number of hydrogen-bond acceptors (Lipinski definition) is 5. The van der Waals surface area contributed by atoms with Gasteiger partial charge in [0.25, 0.3) is 5.91 Å². The highest BCUT2D eigenvalue weighted by molar-refractivity contribution is 6.09. The third kappa shape index (κ3) is 3.34. The summed E-state index contributed by atoms with van der Waals surface area (Å²) >= 11 is 0. The topological polar surface area (TPSA) is 88.8 Å². The van der Waals surface area contributed by atoms with Gasteiger partial charge in [0.15, 0.2) is 0 Å². The molecule has 28 heavy (non-hydrogen) atoms. The van der Waals surface area contributed by atoms with Gasteiger partial charge in [-0.25, -0.2) is 4.52 Å². The van der Waals surface area contributed by atoms with E-state index in [-0.39, 0.29) is 18.4 Å². The molecule has 0 saturated heterocycles. The molecule has 4 rings (SSSR count). The third-order valence-electron chi connectivity index (χ3n) is 4.91. The molecule has 0 aliphatic carbocycles. The molecular weight excluding hydrogens is 358 g/mol. The number of carbonyl (C=O) groups is 2. The fourth-order valence-electron chi connectivity index (χ4n) is 3.50. The van der Waals surface area contributed by atoms with Crippen LogP contribution in [-0.4, -0.2) is 51.6 Å². The highest BCUT2D eigenvalue weighted by atomic mass is 16.5. The maximum atomic E-state index is 12.8. The molecule has 1 aliphatic heterocycles. The van der Waals surface area contributed by atoms with Crippen LogP contribution in [0.5, 0.6) is 0 Å². The second kappa shape index (κ2) is 7.40. The summed E-state index contributed by atoms with van der Waals surface area (Å²) in [5, 5.41) is 7.14. The third-order valence-corrected chi connectivity index (χ3v) is 4.91.